The van der Waals surface area contributed by atoms with Crippen LogP contribution in [0.1, 0.15) is 22.5 Å². The van der Waals surface area contributed by atoms with Crippen molar-refractivity contribution in [3.8, 4) is 0 Å². The molecule has 2 aromatic carbocycles. The van der Waals surface area contributed by atoms with E-state index in [2.05, 4.69) is 19.9 Å². The van der Waals surface area contributed by atoms with E-state index in [0.29, 0.717) is 11.4 Å². The Hall–Kier alpha value is -3.28. The molecule has 0 aliphatic rings. The second-order valence-corrected chi connectivity index (χ2v) is 6.34. The zero-order valence-corrected chi connectivity index (χ0v) is 15.2. The SMILES string of the molecule is Cc1ccc2[nH]c(=O)c(C)nc2c1.Cc1ccc2nc(C)c(=O)[nH]c2c1. The molecule has 0 unspecified atom stereocenters. The van der Waals surface area contributed by atoms with E-state index in [1.54, 1.807) is 13.8 Å². The number of nitrogens with zero attached hydrogens (tertiary/aromatic N) is 2. The standard InChI is InChI=1S/2C10H10N2O/c1-6-3-4-8-9(5-6)11-7(2)10(13)12-8;1-6-3-4-8-9(5-6)12-10(13)7(2)11-8/h2*3-5H,1-2H3,(H,12,13). The normalized spacial score (nSPS) is 10.6. The van der Waals surface area contributed by atoms with Gasteiger partial charge in [0.1, 0.15) is 11.4 Å². The fraction of sp³-hybridized carbons (Fsp3) is 0.200. The van der Waals surface area contributed by atoms with Crippen molar-refractivity contribution < 1.29 is 0 Å². The number of aromatic nitrogens is 4. The third-order valence-corrected chi connectivity index (χ3v) is 4.04. The molecular formula is C20H20N4O2. The van der Waals surface area contributed by atoms with E-state index in [9.17, 15) is 9.59 Å². The summed E-state index contributed by atoms with van der Waals surface area (Å²) in [5.41, 5.74) is 6.33. The second kappa shape index (κ2) is 6.92. The lowest BCUT2D eigenvalue weighted by atomic mass is 10.2. The third kappa shape index (κ3) is 3.69. The summed E-state index contributed by atoms with van der Waals surface area (Å²) < 4.78 is 0. The van der Waals surface area contributed by atoms with Gasteiger partial charge in [0.15, 0.2) is 0 Å². The van der Waals surface area contributed by atoms with Crippen molar-refractivity contribution in [3.05, 3.63) is 79.6 Å². The molecule has 6 heteroatoms. The summed E-state index contributed by atoms with van der Waals surface area (Å²) in [6.07, 6.45) is 0. The minimum absolute atomic E-state index is 0.113. The number of hydrogen-bond donors (Lipinski definition) is 2. The molecule has 0 saturated carbocycles. The molecule has 4 aromatic rings. The molecule has 0 bridgehead atoms. The van der Waals surface area contributed by atoms with Crippen LogP contribution in [-0.4, -0.2) is 19.9 Å². The van der Waals surface area contributed by atoms with Crippen molar-refractivity contribution in [1.29, 1.82) is 0 Å². The highest BCUT2D eigenvalue weighted by molar-refractivity contribution is 5.75. The summed E-state index contributed by atoms with van der Waals surface area (Å²) in [5.74, 6) is 0. The van der Waals surface area contributed by atoms with Crippen molar-refractivity contribution in [1.82, 2.24) is 19.9 Å². The zero-order valence-electron chi connectivity index (χ0n) is 15.2. The molecule has 132 valence electrons. The molecular weight excluding hydrogens is 328 g/mol. The number of aryl methyl sites for hydroxylation is 4. The Balaban J connectivity index is 0.000000151. The second-order valence-electron chi connectivity index (χ2n) is 6.34. The van der Waals surface area contributed by atoms with E-state index in [4.69, 9.17) is 0 Å². The minimum atomic E-state index is -0.114. The van der Waals surface area contributed by atoms with Gasteiger partial charge in [-0.1, -0.05) is 12.1 Å². The summed E-state index contributed by atoms with van der Waals surface area (Å²) >= 11 is 0. The van der Waals surface area contributed by atoms with Crippen LogP contribution in [0.3, 0.4) is 0 Å². The Bertz CT molecular complexity index is 1220. The first-order valence-corrected chi connectivity index (χ1v) is 8.28. The van der Waals surface area contributed by atoms with Crippen molar-refractivity contribution >= 4 is 22.1 Å². The van der Waals surface area contributed by atoms with Gasteiger partial charge in [0, 0.05) is 0 Å². The minimum Gasteiger partial charge on any atom is -0.319 e. The monoisotopic (exact) mass is 348 g/mol. The van der Waals surface area contributed by atoms with Gasteiger partial charge in [-0.3, -0.25) is 9.59 Å². The topological polar surface area (TPSA) is 91.5 Å². The van der Waals surface area contributed by atoms with Gasteiger partial charge in [-0.25, -0.2) is 9.97 Å². The molecule has 0 saturated heterocycles. The van der Waals surface area contributed by atoms with E-state index < -0.39 is 0 Å². The molecule has 0 amide bonds. The van der Waals surface area contributed by atoms with Crippen molar-refractivity contribution in [2.45, 2.75) is 27.7 Å². The van der Waals surface area contributed by atoms with Gasteiger partial charge in [-0.15, -0.1) is 0 Å². The number of H-pyrrole nitrogens is 2. The Labute approximate surface area is 150 Å². The Morgan fingerprint density at radius 1 is 0.654 bits per heavy atom. The summed E-state index contributed by atoms with van der Waals surface area (Å²) in [6.45, 7) is 7.40. The lowest BCUT2D eigenvalue weighted by Crippen LogP contribution is -2.11. The Morgan fingerprint density at radius 3 is 1.88 bits per heavy atom. The smallest absolute Gasteiger partial charge is 0.269 e. The maximum absolute atomic E-state index is 11.2. The molecule has 6 nitrogen and oxygen atoms in total. The molecule has 2 aromatic heterocycles. The number of benzene rings is 2. The van der Waals surface area contributed by atoms with E-state index in [-0.39, 0.29) is 11.1 Å². The molecule has 0 aliphatic carbocycles. The number of aromatic amines is 2. The maximum Gasteiger partial charge on any atom is 0.269 e. The summed E-state index contributed by atoms with van der Waals surface area (Å²) in [5, 5.41) is 0. The molecule has 2 N–H and O–H groups in total. The molecule has 0 spiro atoms. The lowest BCUT2D eigenvalue weighted by Gasteiger charge is -1.99. The fourth-order valence-electron chi connectivity index (χ4n) is 2.58. The van der Waals surface area contributed by atoms with Crippen molar-refractivity contribution in [2.75, 3.05) is 0 Å². The predicted molar refractivity (Wildman–Crippen MR) is 104 cm³/mol. The first kappa shape index (κ1) is 17.5. The van der Waals surface area contributed by atoms with Crippen LogP contribution in [0.4, 0.5) is 0 Å². The van der Waals surface area contributed by atoms with E-state index in [0.717, 1.165) is 33.2 Å². The quantitative estimate of drug-likeness (QED) is 0.511. The Kier molecular flexibility index (Phi) is 4.67. The highest BCUT2D eigenvalue weighted by Crippen LogP contribution is 2.10. The van der Waals surface area contributed by atoms with Gasteiger partial charge in [0.25, 0.3) is 11.1 Å². The van der Waals surface area contributed by atoms with Crippen LogP contribution in [-0.2, 0) is 0 Å². The average Bonchev–Trinajstić information content (AvgIpc) is 2.58. The third-order valence-electron chi connectivity index (χ3n) is 4.04. The van der Waals surface area contributed by atoms with Gasteiger partial charge in [0.2, 0.25) is 0 Å². The van der Waals surface area contributed by atoms with Crippen LogP contribution in [0.15, 0.2) is 46.0 Å². The molecule has 0 atom stereocenters. The summed E-state index contributed by atoms with van der Waals surface area (Å²) in [7, 11) is 0. The van der Waals surface area contributed by atoms with Crippen LogP contribution >= 0.6 is 0 Å². The molecule has 0 fully saturated rings. The van der Waals surface area contributed by atoms with Crippen LogP contribution < -0.4 is 11.1 Å². The van der Waals surface area contributed by atoms with Crippen LogP contribution in [0.2, 0.25) is 0 Å². The predicted octanol–water partition coefficient (Wildman–Crippen LogP) is 3.08. The van der Waals surface area contributed by atoms with E-state index in [1.807, 2.05) is 50.2 Å². The van der Waals surface area contributed by atoms with Gasteiger partial charge in [-0.2, -0.15) is 0 Å². The highest BCUT2D eigenvalue weighted by Gasteiger charge is 2.00. The van der Waals surface area contributed by atoms with E-state index >= 15 is 0 Å². The number of fused-ring (bicyclic) bond motifs is 2. The lowest BCUT2D eigenvalue weighted by molar-refractivity contribution is 1.12. The zero-order chi connectivity index (χ0) is 18.8. The number of rotatable bonds is 0. The largest absolute Gasteiger partial charge is 0.319 e. The summed E-state index contributed by atoms with van der Waals surface area (Å²) in [4.78, 5) is 36.3. The highest BCUT2D eigenvalue weighted by atomic mass is 16.1. The van der Waals surface area contributed by atoms with Gasteiger partial charge < -0.3 is 9.97 Å². The Morgan fingerprint density at radius 2 is 1.19 bits per heavy atom. The summed E-state index contributed by atoms with van der Waals surface area (Å²) in [6, 6.07) is 11.6. The average molecular weight is 348 g/mol. The maximum atomic E-state index is 11.2. The number of hydrogen-bond acceptors (Lipinski definition) is 4. The van der Waals surface area contributed by atoms with Crippen LogP contribution in [0.5, 0.6) is 0 Å². The fourth-order valence-corrected chi connectivity index (χ4v) is 2.58. The first-order valence-electron chi connectivity index (χ1n) is 8.28. The number of nitrogens with one attached hydrogen (secondary N) is 2. The molecule has 26 heavy (non-hydrogen) atoms. The van der Waals surface area contributed by atoms with Crippen molar-refractivity contribution in [2.24, 2.45) is 0 Å². The molecule has 4 rings (SSSR count). The van der Waals surface area contributed by atoms with Gasteiger partial charge >= 0.3 is 0 Å². The first-order chi connectivity index (χ1) is 12.3. The molecule has 0 radical (unpaired) electrons. The molecule has 2 heterocycles. The van der Waals surface area contributed by atoms with Gasteiger partial charge in [0.05, 0.1) is 22.1 Å². The van der Waals surface area contributed by atoms with E-state index in [1.165, 1.54) is 0 Å². The van der Waals surface area contributed by atoms with Crippen LogP contribution in [0.25, 0.3) is 22.1 Å². The van der Waals surface area contributed by atoms with Crippen molar-refractivity contribution in [3.63, 3.8) is 0 Å². The van der Waals surface area contributed by atoms with Gasteiger partial charge in [-0.05, 0) is 63.1 Å². The molecule has 0 aliphatic heterocycles. The van der Waals surface area contributed by atoms with Crippen LogP contribution in [0, 0.1) is 27.7 Å².